The maximum absolute atomic E-state index is 11.5. The van der Waals surface area contributed by atoms with Gasteiger partial charge in [0.15, 0.2) is 0 Å². The van der Waals surface area contributed by atoms with Crippen LogP contribution >= 0.6 is 15.9 Å². The topological polar surface area (TPSA) is 38.3 Å². The molecular formula is C13H14BrNO2. The Labute approximate surface area is 109 Å². The van der Waals surface area contributed by atoms with Crippen LogP contribution in [-0.4, -0.2) is 19.1 Å². The molecule has 1 aromatic rings. The third kappa shape index (κ3) is 3.60. The predicted molar refractivity (Wildman–Crippen MR) is 70.9 cm³/mol. The van der Waals surface area contributed by atoms with Gasteiger partial charge in [0.25, 0.3) is 0 Å². The molecule has 0 spiro atoms. The fraction of sp³-hybridized carbons (Fsp3) is 0.308. The van der Waals surface area contributed by atoms with Crippen LogP contribution in [0, 0.1) is 0 Å². The number of ether oxygens (including phenoxy) is 1. The van der Waals surface area contributed by atoms with Crippen LogP contribution in [0.25, 0.3) is 6.08 Å². The number of carbonyl (C=O) groups excluding carboxylic acids is 1. The van der Waals surface area contributed by atoms with E-state index in [9.17, 15) is 4.79 Å². The van der Waals surface area contributed by atoms with E-state index in [0.717, 1.165) is 28.6 Å². The second-order valence-electron chi connectivity index (χ2n) is 4.00. The number of halogens is 1. The van der Waals surface area contributed by atoms with Crippen LogP contribution < -0.4 is 10.1 Å². The summed E-state index contributed by atoms with van der Waals surface area (Å²) in [5.41, 5.74) is 0.882. The third-order valence-corrected chi connectivity index (χ3v) is 3.02. The smallest absolute Gasteiger partial charge is 0.244 e. The van der Waals surface area contributed by atoms with Gasteiger partial charge in [0.05, 0.1) is 7.11 Å². The summed E-state index contributed by atoms with van der Waals surface area (Å²) in [6, 6.07) is 6.07. The van der Waals surface area contributed by atoms with E-state index in [1.54, 1.807) is 19.3 Å². The molecule has 1 saturated carbocycles. The van der Waals surface area contributed by atoms with E-state index in [1.165, 1.54) is 0 Å². The molecule has 1 aromatic carbocycles. The molecule has 0 aliphatic heterocycles. The van der Waals surface area contributed by atoms with Crippen LogP contribution in [0.3, 0.4) is 0 Å². The molecule has 1 fully saturated rings. The van der Waals surface area contributed by atoms with Gasteiger partial charge in [-0.2, -0.15) is 0 Å². The lowest BCUT2D eigenvalue weighted by atomic mass is 10.2. The molecule has 0 radical (unpaired) electrons. The summed E-state index contributed by atoms with van der Waals surface area (Å²) >= 11 is 3.39. The van der Waals surface area contributed by atoms with Crippen LogP contribution in [0.15, 0.2) is 28.7 Å². The zero-order valence-electron chi connectivity index (χ0n) is 9.57. The van der Waals surface area contributed by atoms with Crippen molar-refractivity contribution in [2.24, 2.45) is 0 Å². The monoisotopic (exact) mass is 295 g/mol. The lowest BCUT2D eigenvalue weighted by molar-refractivity contribution is -0.116. The van der Waals surface area contributed by atoms with Gasteiger partial charge < -0.3 is 10.1 Å². The van der Waals surface area contributed by atoms with Crippen molar-refractivity contribution in [3.63, 3.8) is 0 Å². The third-order valence-electron chi connectivity index (χ3n) is 2.53. The van der Waals surface area contributed by atoms with Crippen molar-refractivity contribution < 1.29 is 9.53 Å². The average molecular weight is 296 g/mol. The van der Waals surface area contributed by atoms with Gasteiger partial charge in [-0.15, -0.1) is 0 Å². The molecule has 1 aliphatic carbocycles. The van der Waals surface area contributed by atoms with Crippen LogP contribution in [0.1, 0.15) is 18.4 Å². The second-order valence-corrected chi connectivity index (χ2v) is 4.92. The highest BCUT2D eigenvalue weighted by molar-refractivity contribution is 9.10. The molecule has 0 aromatic heterocycles. The molecular weight excluding hydrogens is 282 g/mol. The first kappa shape index (κ1) is 12.2. The van der Waals surface area contributed by atoms with E-state index >= 15 is 0 Å². The van der Waals surface area contributed by atoms with Gasteiger partial charge in [0.1, 0.15) is 5.75 Å². The first-order valence-corrected chi connectivity index (χ1v) is 6.30. The van der Waals surface area contributed by atoms with Gasteiger partial charge in [-0.25, -0.2) is 0 Å². The van der Waals surface area contributed by atoms with E-state index < -0.39 is 0 Å². The van der Waals surface area contributed by atoms with Crippen molar-refractivity contribution in [1.29, 1.82) is 0 Å². The Morgan fingerprint density at radius 1 is 1.53 bits per heavy atom. The summed E-state index contributed by atoms with van der Waals surface area (Å²) < 4.78 is 6.18. The Morgan fingerprint density at radius 3 is 2.94 bits per heavy atom. The summed E-state index contributed by atoms with van der Waals surface area (Å²) in [5, 5.41) is 2.90. The first-order valence-electron chi connectivity index (χ1n) is 5.51. The van der Waals surface area contributed by atoms with E-state index in [-0.39, 0.29) is 5.91 Å². The number of hydrogen-bond donors (Lipinski definition) is 1. The molecule has 4 heteroatoms. The van der Waals surface area contributed by atoms with Gasteiger partial charge >= 0.3 is 0 Å². The van der Waals surface area contributed by atoms with Crippen LogP contribution in [-0.2, 0) is 4.79 Å². The maximum atomic E-state index is 11.5. The number of carbonyl (C=O) groups is 1. The molecule has 0 saturated heterocycles. The highest BCUT2D eigenvalue weighted by atomic mass is 79.9. The summed E-state index contributed by atoms with van der Waals surface area (Å²) in [4.78, 5) is 11.5. The Balaban J connectivity index is 2.07. The average Bonchev–Trinajstić information content (AvgIpc) is 3.10. The second kappa shape index (κ2) is 5.36. The maximum Gasteiger partial charge on any atom is 0.244 e. The van der Waals surface area contributed by atoms with Crippen LogP contribution in [0.4, 0.5) is 0 Å². The molecule has 0 bridgehead atoms. The molecule has 3 nitrogen and oxygen atoms in total. The summed E-state index contributed by atoms with van der Waals surface area (Å²) in [5.74, 6) is 0.707. The Bertz CT molecular complexity index is 453. The molecule has 0 unspecified atom stereocenters. The van der Waals surface area contributed by atoms with Gasteiger partial charge in [-0.3, -0.25) is 4.79 Å². The highest BCUT2D eigenvalue weighted by Crippen LogP contribution is 2.24. The van der Waals surface area contributed by atoms with E-state index in [1.807, 2.05) is 18.2 Å². The number of hydrogen-bond acceptors (Lipinski definition) is 2. The number of benzene rings is 1. The van der Waals surface area contributed by atoms with Crippen molar-refractivity contribution in [2.75, 3.05) is 7.11 Å². The zero-order valence-corrected chi connectivity index (χ0v) is 11.2. The largest absolute Gasteiger partial charge is 0.496 e. The summed E-state index contributed by atoms with van der Waals surface area (Å²) in [6.07, 6.45) is 5.50. The minimum absolute atomic E-state index is 0.0467. The van der Waals surface area contributed by atoms with Gasteiger partial charge in [0, 0.05) is 22.2 Å². The van der Waals surface area contributed by atoms with E-state index in [0.29, 0.717) is 6.04 Å². The Morgan fingerprint density at radius 2 is 2.29 bits per heavy atom. The molecule has 90 valence electrons. The lowest BCUT2D eigenvalue weighted by Gasteiger charge is -2.05. The number of nitrogens with one attached hydrogen (secondary N) is 1. The Hall–Kier alpha value is -1.29. The first-order chi connectivity index (χ1) is 8.19. The molecule has 0 atom stereocenters. The standard InChI is InChI=1S/C13H14BrNO2/c1-17-12-6-3-10(14)8-9(12)2-7-13(16)15-11-4-5-11/h2-3,6-8,11H,4-5H2,1H3,(H,15,16)/b7-2+. The number of amides is 1. The highest BCUT2D eigenvalue weighted by Gasteiger charge is 2.22. The zero-order chi connectivity index (χ0) is 12.3. The van der Waals surface area contributed by atoms with E-state index in [2.05, 4.69) is 21.2 Å². The SMILES string of the molecule is COc1ccc(Br)cc1/C=C/C(=O)NC1CC1. The molecule has 1 N–H and O–H groups in total. The Kier molecular flexibility index (Phi) is 3.84. The van der Waals surface area contributed by atoms with Crippen molar-refractivity contribution in [1.82, 2.24) is 5.32 Å². The minimum atomic E-state index is -0.0467. The molecule has 2 rings (SSSR count). The fourth-order valence-corrected chi connectivity index (χ4v) is 1.86. The number of methoxy groups -OCH3 is 1. The lowest BCUT2D eigenvalue weighted by Crippen LogP contribution is -2.22. The van der Waals surface area contributed by atoms with Crippen LogP contribution in [0.2, 0.25) is 0 Å². The fourth-order valence-electron chi connectivity index (χ4n) is 1.48. The van der Waals surface area contributed by atoms with E-state index in [4.69, 9.17) is 4.74 Å². The van der Waals surface area contributed by atoms with Crippen molar-refractivity contribution in [2.45, 2.75) is 18.9 Å². The van der Waals surface area contributed by atoms with Gasteiger partial charge in [-0.05, 0) is 37.1 Å². The minimum Gasteiger partial charge on any atom is -0.496 e. The summed E-state index contributed by atoms with van der Waals surface area (Å²) in [7, 11) is 1.62. The van der Waals surface area contributed by atoms with Crippen LogP contribution in [0.5, 0.6) is 5.75 Å². The predicted octanol–water partition coefficient (Wildman–Crippen LogP) is 2.75. The molecule has 1 aliphatic rings. The summed E-state index contributed by atoms with van der Waals surface area (Å²) in [6.45, 7) is 0. The molecule has 17 heavy (non-hydrogen) atoms. The molecule has 1 amide bonds. The van der Waals surface area contributed by atoms with Crippen molar-refractivity contribution >= 4 is 27.9 Å². The normalized spacial score (nSPS) is 14.9. The number of rotatable bonds is 4. The molecule has 0 heterocycles. The van der Waals surface area contributed by atoms with Crippen molar-refractivity contribution in [3.05, 3.63) is 34.3 Å². The van der Waals surface area contributed by atoms with Crippen molar-refractivity contribution in [3.8, 4) is 5.75 Å². The van der Waals surface area contributed by atoms with Gasteiger partial charge in [0.2, 0.25) is 5.91 Å². The quantitative estimate of drug-likeness (QED) is 0.868. The van der Waals surface area contributed by atoms with Gasteiger partial charge in [-0.1, -0.05) is 15.9 Å².